The van der Waals surface area contributed by atoms with Crippen LogP contribution in [0.4, 0.5) is 4.39 Å². The first kappa shape index (κ1) is 15.6. The first-order valence-corrected chi connectivity index (χ1v) is 6.65. The first-order chi connectivity index (χ1) is 9.99. The second-order valence-corrected chi connectivity index (χ2v) is 4.93. The van der Waals surface area contributed by atoms with Crippen LogP contribution >= 0.6 is 23.2 Å². The Morgan fingerprint density at radius 3 is 2.38 bits per heavy atom. The number of hydrogen-bond donors (Lipinski definition) is 0. The Hall–Kier alpha value is -1.78. The van der Waals surface area contributed by atoms with E-state index in [0.717, 1.165) is 6.07 Å². The molecular formula is C15H11Cl2FO3. The fourth-order valence-corrected chi connectivity index (χ4v) is 2.38. The van der Waals surface area contributed by atoms with E-state index in [0.29, 0.717) is 5.75 Å². The lowest BCUT2D eigenvalue weighted by molar-refractivity contribution is 0.103. The van der Waals surface area contributed by atoms with Crippen LogP contribution < -0.4 is 9.47 Å². The van der Waals surface area contributed by atoms with Crippen LogP contribution in [0.1, 0.15) is 15.9 Å². The lowest BCUT2D eigenvalue weighted by atomic mass is 10.0. The summed E-state index contributed by atoms with van der Waals surface area (Å²) in [5, 5.41) is 0.409. The highest BCUT2D eigenvalue weighted by molar-refractivity contribution is 6.34. The van der Waals surface area contributed by atoms with Crippen LogP contribution in [0.2, 0.25) is 10.0 Å². The topological polar surface area (TPSA) is 35.5 Å². The maximum absolute atomic E-state index is 13.8. The summed E-state index contributed by atoms with van der Waals surface area (Å²) in [4.78, 5) is 12.5. The van der Waals surface area contributed by atoms with Gasteiger partial charge < -0.3 is 9.47 Å². The summed E-state index contributed by atoms with van der Waals surface area (Å²) in [7, 11) is 2.81. The van der Waals surface area contributed by atoms with E-state index in [-0.39, 0.29) is 26.9 Å². The van der Waals surface area contributed by atoms with Crippen molar-refractivity contribution in [3.63, 3.8) is 0 Å². The number of hydrogen-bond acceptors (Lipinski definition) is 3. The van der Waals surface area contributed by atoms with Gasteiger partial charge in [0.2, 0.25) is 0 Å². The zero-order valence-electron chi connectivity index (χ0n) is 11.2. The average molecular weight is 329 g/mol. The van der Waals surface area contributed by atoms with Crippen molar-refractivity contribution in [1.29, 1.82) is 0 Å². The average Bonchev–Trinajstić information content (AvgIpc) is 2.48. The number of halogens is 3. The molecule has 0 N–H and O–H groups in total. The summed E-state index contributed by atoms with van der Waals surface area (Å²) in [5.74, 6) is -0.758. The van der Waals surface area contributed by atoms with Gasteiger partial charge in [-0.05, 0) is 30.3 Å². The van der Waals surface area contributed by atoms with Gasteiger partial charge in [-0.1, -0.05) is 23.2 Å². The molecule has 21 heavy (non-hydrogen) atoms. The van der Waals surface area contributed by atoms with Crippen molar-refractivity contribution >= 4 is 29.0 Å². The van der Waals surface area contributed by atoms with Gasteiger partial charge in [0.05, 0.1) is 25.3 Å². The minimum absolute atomic E-state index is 0.125. The molecule has 0 spiro atoms. The van der Waals surface area contributed by atoms with Crippen LogP contribution in [-0.4, -0.2) is 20.0 Å². The smallest absolute Gasteiger partial charge is 0.199 e. The summed E-state index contributed by atoms with van der Waals surface area (Å²) in [6.45, 7) is 0. The minimum Gasteiger partial charge on any atom is -0.495 e. The summed E-state index contributed by atoms with van der Waals surface area (Å²) >= 11 is 11.9. The first-order valence-electron chi connectivity index (χ1n) is 5.89. The molecule has 0 radical (unpaired) electrons. The molecule has 110 valence electrons. The fourth-order valence-electron chi connectivity index (χ4n) is 1.89. The van der Waals surface area contributed by atoms with Crippen molar-refractivity contribution in [3.05, 3.63) is 57.3 Å². The largest absolute Gasteiger partial charge is 0.495 e. The molecule has 2 aromatic carbocycles. The molecule has 0 atom stereocenters. The van der Waals surface area contributed by atoms with E-state index in [9.17, 15) is 9.18 Å². The van der Waals surface area contributed by atoms with Crippen molar-refractivity contribution in [3.8, 4) is 11.5 Å². The Kier molecular flexibility index (Phi) is 4.70. The van der Waals surface area contributed by atoms with Crippen molar-refractivity contribution in [1.82, 2.24) is 0 Å². The van der Waals surface area contributed by atoms with E-state index < -0.39 is 11.6 Å². The van der Waals surface area contributed by atoms with E-state index in [2.05, 4.69) is 0 Å². The third kappa shape index (κ3) is 2.96. The second-order valence-electron chi connectivity index (χ2n) is 4.12. The van der Waals surface area contributed by atoms with Gasteiger partial charge in [0.1, 0.15) is 16.6 Å². The molecule has 0 saturated heterocycles. The molecule has 0 fully saturated rings. The van der Waals surface area contributed by atoms with E-state index in [4.69, 9.17) is 32.7 Å². The van der Waals surface area contributed by atoms with Crippen LogP contribution in [0, 0.1) is 5.82 Å². The van der Waals surface area contributed by atoms with Crippen LogP contribution in [0.15, 0.2) is 30.3 Å². The highest BCUT2D eigenvalue weighted by atomic mass is 35.5. The molecule has 2 rings (SSSR count). The summed E-state index contributed by atoms with van der Waals surface area (Å²) in [6, 6.07) is 6.74. The van der Waals surface area contributed by atoms with Gasteiger partial charge in [0.25, 0.3) is 0 Å². The monoisotopic (exact) mass is 328 g/mol. The van der Waals surface area contributed by atoms with Crippen molar-refractivity contribution < 1.29 is 18.7 Å². The van der Waals surface area contributed by atoms with Crippen LogP contribution in [0.5, 0.6) is 11.5 Å². The van der Waals surface area contributed by atoms with Crippen molar-refractivity contribution in [2.24, 2.45) is 0 Å². The van der Waals surface area contributed by atoms with Crippen LogP contribution in [-0.2, 0) is 0 Å². The van der Waals surface area contributed by atoms with E-state index in [1.807, 2.05) is 0 Å². The molecule has 0 unspecified atom stereocenters. The quantitative estimate of drug-likeness (QED) is 0.781. The number of ether oxygens (including phenoxy) is 2. The highest BCUT2D eigenvalue weighted by Gasteiger charge is 2.22. The Morgan fingerprint density at radius 2 is 1.76 bits per heavy atom. The molecule has 0 bridgehead atoms. The van der Waals surface area contributed by atoms with Crippen molar-refractivity contribution in [2.45, 2.75) is 0 Å². The maximum atomic E-state index is 13.8. The van der Waals surface area contributed by atoms with Gasteiger partial charge in [-0.3, -0.25) is 4.79 Å². The Bertz CT molecular complexity index is 702. The molecule has 0 aliphatic heterocycles. The summed E-state index contributed by atoms with van der Waals surface area (Å²) in [5.41, 5.74) is -0.0218. The van der Waals surface area contributed by atoms with Crippen LogP contribution in [0.25, 0.3) is 0 Å². The molecule has 0 aliphatic carbocycles. The standard InChI is InChI=1S/C15H11Cl2FO3/c1-20-12-6-4-9(15(21-2)13(12)17)14(19)10-7-8(16)3-5-11(10)18/h3-7H,1-2H3. The molecule has 0 heterocycles. The predicted molar refractivity (Wildman–Crippen MR) is 79.4 cm³/mol. The molecule has 0 amide bonds. The van der Waals surface area contributed by atoms with E-state index in [1.54, 1.807) is 0 Å². The summed E-state index contributed by atoms with van der Waals surface area (Å²) in [6.07, 6.45) is 0. The molecule has 0 aliphatic rings. The third-order valence-electron chi connectivity index (χ3n) is 2.90. The van der Waals surface area contributed by atoms with Crippen molar-refractivity contribution in [2.75, 3.05) is 14.2 Å². The molecule has 3 nitrogen and oxygen atoms in total. The van der Waals surface area contributed by atoms with E-state index in [1.165, 1.54) is 38.5 Å². The lowest BCUT2D eigenvalue weighted by Gasteiger charge is -2.12. The number of ketones is 1. The van der Waals surface area contributed by atoms with Gasteiger partial charge in [0, 0.05) is 5.02 Å². The molecule has 0 aromatic heterocycles. The molecule has 2 aromatic rings. The Morgan fingerprint density at radius 1 is 1.05 bits per heavy atom. The Labute approximate surface area is 131 Å². The highest BCUT2D eigenvalue weighted by Crippen LogP contribution is 2.38. The SMILES string of the molecule is COc1ccc(C(=O)c2cc(Cl)ccc2F)c(OC)c1Cl. The fraction of sp³-hybridized carbons (Fsp3) is 0.133. The summed E-state index contributed by atoms with van der Waals surface area (Å²) < 4.78 is 24.0. The van der Waals surface area contributed by atoms with Gasteiger partial charge in [0.15, 0.2) is 11.5 Å². The molecule has 6 heteroatoms. The van der Waals surface area contributed by atoms with Crippen LogP contribution in [0.3, 0.4) is 0 Å². The maximum Gasteiger partial charge on any atom is 0.199 e. The van der Waals surface area contributed by atoms with Gasteiger partial charge in [-0.25, -0.2) is 4.39 Å². The third-order valence-corrected chi connectivity index (χ3v) is 3.50. The zero-order valence-corrected chi connectivity index (χ0v) is 12.8. The van der Waals surface area contributed by atoms with Gasteiger partial charge >= 0.3 is 0 Å². The molecule has 0 saturated carbocycles. The van der Waals surface area contributed by atoms with Gasteiger partial charge in [-0.15, -0.1) is 0 Å². The lowest BCUT2D eigenvalue weighted by Crippen LogP contribution is -2.07. The Balaban J connectivity index is 2.58. The number of methoxy groups -OCH3 is 2. The predicted octanol–water partition coefficient (Wildman–Crippen LogP) is 4.38. The second kappa shape index (κ2) is 6.33. The number of benzene rings is 2. The number of carbonyl (C=O) groups excluding carboxylic acids is 1. The molecular weight excluding hydrogens is 318 g/mol. The van der Waals surface area contributed by atoms with Gasteiger partial charge in [-0.2, -0.15) is 0 Å². The normalized spacial score (nSPS) is 10.3. The van der Waals surface area contributed by atoms with E-state index >= 15 is 0 Å². The number of carbonyl (C=O) groups is 1. The minimum atomic E-state index is -0.668. The number of rotatable bonds is 4. The zero-order chi connectivity index (χ0) is 15.6.